The molecule has 1 rings (SSSR count). The van der Waals surface area contributed by atoms with Crippen molar-refractivity contribution in [2.75, 3.05) is 37.7 Å². The summed E-state index contributed by atoms with van der Waals surface area (Å²) in [6, 6.07) is 9.08. The number of hydrogen-bond donors (Lipinski definition) is 1. The van der Waals surface area contributed by atoms with Gasteiger partial charge < -0.3 is 14.7 Å². The monoisotopic (exact) mass is 352 g/mol. The molecule has 0 aromatic heterocycles. The fourth-order valence-electron chi connectivity index (χ4n) is 2.38. The Morgan fingerprint density at radius 2 is 2.08 bits per heavy atom. The third-order valence-electron chi connectivity index (χ3n) is 3.63. The number of nitrogens with zero attached hydrogens (tertiary/aromatic N) is 2. The Morgan fingerprint density at radius 1 is 1.33 bits per heavy atom. The quantitative estimate of drug-likeness (QED) is 0.624. The molecular weight excluding hydrogens is 324 g/mol. The Balaban J connectivity index is 2.35. The van der Waals surface area contributed by atoms with Crippen molar-refractivity contribution < 1.29 is 14.1 Å². The fraction of sp³-hybridized carbons (Fsp3) is 0.611. The third-order valence-corrected chi connectivity index (χ3v) is 5.24. The van der Waals surface area contributed by atoms with Crippen LogP contribution in [0.3, 0.4) is 0 Å². The van der Waals surface area contributed by atoms with Crippen LogP contribution in [0.1, 0.15) is 32.3 Å². The molecule has 0 saturated heterocycles. The zero-order valence-corrected chi connectivity index (χ0v) is 15.4. The van der Waals surface area contributed by atoms with Crippen LogP contribution in [-0.4, -0.2) is 58.1 Å². The summed E-state index contributed by atoms with van der Waals surface area (Å²) in [4.78, 5) is 2.13. The average molecular weight is 353 g/mol. The zero-order chi connectivity index (χ0) is 17.8. The van der Waals surface area contributed by atoms with Gasteiger partial charge in [-0.3, -0.25) is 4.21 Å². The Labute approximate surface area is 147 Å². The lowest BCUT2D eigenvalue weighted by atomic mass is 10.2. The maximum Gasteiger partial charge on any atom is 0.137 e. The van der Waals surface area contributed by atoms with E-state index in [4.69, 9.17) is 10.00 Å². The van der Waals surface area contributed by atoms with E-state index in [2.05, 4.69) is 11.0 Å². The minimum Gasteiger partial charge on any atom is -0.489 e. The second-order valence-electron chi connectivity index (χ2n) is 5.67. The number of aliphatic hydroxyl groups excluding tert-OH is 1. The number of rotatable bonds is 12. The van der Waals surface area contributed by atoms with Gasteiger partial charge in [-0.05, 0) is 38.1 Å². The Morgan fingerprint density at radius 3 is 2.75 bits per heavy atom. The van der Waals surface area contributed by atoms with Crippen LogP contribution >= 0.6 is 0 Å². The molecule has 0 aliphatic carbocycles. The van der Waals surface area contributed by atoms with Crippen molar-refractivity contribution in [2.24, 2.45) is 0 Å². The average Bonchev–Trinajstić information content (AvgIpc) is 2.59. The first-order valence-electron chi connectivity index (χ1n) is 8.48. The Kier molecular flexibility index (Phi) is 10.3. The first kappa shape index (κ1) is 20.6. The van der Waals surface area contributed by atoms with Crippen molar-refractivity contribution in [3.63, 3.8) is 0 Å². The molecule has 134 valence electrons. The standard InChI is InChI=1S/C18H28N2O3S/c1-3-11-24(22)12-7-10-20(4-2)14-17(21)15-23-18-9-6-5-8-16(18)13-19/h5-6,8-9,17,21H,3-4,7,10-12,14-15H2,1-2H3/t17-,24?/m0/s1. The van der Waals surface area contributed by atoms with Crippen molar-refractivity contribution in [3.8, 4) is 11.8 Å². The zero-order valence-electron chi connectivity index (χ0n) is 14.6. The molecule has 0 heterocycles. The van der Waals surface area contributed by atoms with E-state index in [-0.39, 0.29) is 6.61 Å². The summed E-state index contributed by atoms with van der Waals surface area (Å²) in [6.07, 6.45) is 1.19. The Hall–Kier alpha value is -1.42. The molecule has 0 saturated carbocycles. The molecule has 0 aliphatic heterocycles. The fourth-order valence-corrected chi connectivity index (χ4v) is 3.49. The molecule has 0 amide bonds. The van der Waals surface area contributed by atoms with Gasteiger partial charge in [-0.15, -0.1) is 0 Å². The topological polar surface area (TPSA) is 73.6 Å². The molecule has 6 heteroatoms. The van der Waals surface area contributed by atoms with E-state index in [0.29, 0.717) is 23.6 Å². The number of aliphatic hydroxyl groups is 1. The van der Waals surface area contributed by atoms with Crippen LogP contribution in [0.25, 0.3) is 0 Å². The summed E-state index contributed by atoms with van der Waals surface area (Å²) in [5, 5.41) is 19.2. The summed E-state index contributed by atoms with van der Waals surface area (Å²) in [5.41, 5.74) is 0.468. The van der Waals surface area contributed by atoms with Crippen LogP contribution in [0.5, 0.6) is 5.75 Å². The SMILES string of the molecule is CCCS(=O)CCCN(CC)C[C@H](O)COc1ccccc1C#N. The van der Waals surface area contributed by atoms with Gasteiger partial charge in [0.2, 0.25) is 0 Å². The second-order valence-corrected chi connectivity index (χ2v) is 7.36. The summed E-state index contributed by atoms with van der Waals surface area (Å²) in [6.45, 7) is 6.38. The maximum absolute atomic E-state index is 11.7. The van der Waals surface area contributed by atoms with Crippen LogP contribution < -0.4 is 4.74 Å². The molecule has 1 N–H and O–H groups in total. The summed E-state index contributed by atoms with van der Waals surface area (Å²) >= 11 is 0. The molecule has 0 spiro atoms. The molecule has 5 nitrogen and oxygen atoms in total. The van der Waals surface area contributed by atoms with Gasteiger partial charge in [0.25, 0.3) is 0 Å². The normalized spacial score (nSPS) is 13.5. The van der Waals surface area contributed by atoms with Gasteiger partial charge in [0, 0.05) is 28.9 Å². The van der Waals surface area contributed by atoms with E-state index in [0.717, 1.165) is 31.7 Å². The van der Waals surface area contributed by atoms with Gasteiger partial charge in [-0.2, -0.15) is 5.26 Å². The van der Waals surface area contributed by atoms with Gasteiger partial charge in [0.05, 0.1) is 5.56 Å². The third kappa shape index (κ3) is 7.91. The van der Waals surface area contributed by atoms with Crippen LogP contribution in [0.2, 0.25) is 0 Å². The molecular formula is C18H28N2O3S. The lowest BCUT2D eigenvalue weighted by Crippen LogP contribution is -2.36. The lowest BCUT2D eigenvalue weighted by Gasteiger charge is -2.23. The van der Waals surface area contributed by atoms with E-state index in [1.54, 1.807) is 24.3 Å². The highest BCUT2D eigenvalue weighted by atomic mass is 32.2. The van der Waals surface area contributed by atoms with E-state index >= 15 is 0 Å². The maximum atomic E-state index is 11.7. The summed E-state index contributed by atoms with van der Waals surface area (Å²) in [7, 11) is -0.728. The highest BCUT2D eigenvalue weighted by Crippen LogP contribution is 2.16. The molecule has 0 fully saturated rings. The van der Waals surface area contributed by atoms with Crippen molar-refractivity contribution >= 4 is 10.8 Å². The van der Waals surface area contributed by atoms with Crippen molar-refractivity contribution in [1.82, 2.24) is 4.90 Å². The molecule has 0 aliphatic rings. The van der Waals surface area contributed by atoms with E-state index in [1.165, 1.54) is 0 Å². The molecule has 0 bridgehead atoms. The molecule has 1 unspecified atom stereocenters. The van der Waals surface area contributed by atoms with E-state index in [9.17, 15) is 9.32 Å². The minimum absolute atomic E-state index is 0.150. The number of ether oxygens (including phenoxy) is 1. The molecule has 0 radical (unpaired) electrons. The van der Waals surface area contributed by atoms with Crippen LogP contribution in [0.4, 0.5) is 0 Å². The van der Waals surface area contributed by atoms with Crippen LogP contribution in [0.15, 0.2) is 24.3 Å². The van der Waals surface area contributed by atoms with Crippen molar-refractivity contribution in [1.29, 1.82) is 5.26 Å². The van der Waals surface area contributed by atoms with Gasteiger partial charge in [0.15, 0.2) is 0 Å². The predicted molar refractivity (Wildman–Crippen MR) is 97.6 cm³/mol. The summed E-state index contributed by atoms with van der Waals surface area (Å²) in [5.74, 6) is 1.98. The first-order chi connectivity index (χ1) is 11.6. The van der Waals surface area contributed by atoms with Crippen molar-refractivity contribution in [2.45, 2.75) is 32.8 Å². The van der Waals surface area contributed by atoms with E-state index in [1.807, 2.05) is 13.8 Å². The minimum atomic E-state index is -0.728. The molecule has 2 atom stereocenters. The highest BCUT2D eigenvalue weighted by molar-refractivity contribution is 7.84. The number of likely N-dealkylation sites (N-methyl/N-ethyl adjacent to an activating group) is 1. The highest BCUT2D eigenvalue weighted by Gasteiger charge is 2.12. The van der Waals surface area contributed by atoms with Gasteiger partial charge in [-0.25, -0.2) is 0 Å². The second kappa shape index (κ2) is 12.0. The first-order valence-corrected chi connectivity index (χ1v) is 9.96. The largest absolute Gasteiger partial charge is 0.489 e. The van der Waals surface area contributed by atoms with Gasteiger partial charge in [-0.1, -0.05) is 26.0 Å². The van der Waals surface area contributed by atoms with Gasteiger partial charge in [0.1, 0.15) is 24.5 Å². The van der Waals surface area contributed by atoms with Crippen molar-refractivity contribution in [3.05, 3.63) is 29.8 Å². The smallest absolute Gasteiger partial charge is 0.137 e. The number of para-hydroxylation sites is 1. The van der Waals surface area contributed by atoms with Crippen LogP contribution in [-0.2, 0) is 10.8 Å². The molecule has 1 aromatic carbocycles. The number of nitriles is 1. The summed E-state index contributed by atoms with van der Waals surface area (Å²) < 4.78 is 17.2. The number of hydrogen-bond acceptors (Lipinski definition) is 5. The van der Waals surface area contributed by atoms with Crippen LogP contribution in [0, 0.1) is 11.3 Å². The van der Waals surface area contributed by atoms with Gasteiger partial charge >= 0.3 is 0 Å². The predicted octanol–water partition coefficient (Wildman–Crippen LogP) is 2.17. The molecule has 24 heavy (non-hydrogen) atoms. The molecule has 1 aromatic rings. The lowest BCUT2D eigenvalue weighted by molar-refractivity contribution is 0.0699. The number of benzene rings is 1. The Bertz CT molecular complexity index is 545. The van der Waals surface area contributed by atoms with E-state index < -0.39 is 16.9 Å².